The molecule has 0 unspecified atom stereocenters. The number of alkyl halides is 3. The highest BCUT2D eigenvalue weighted by molar-refractivity contribution is 5.91. The minimum atomic E-state index is -4.76. The van der Waals surface area contributed by atoms with E-state index < -0.39 is 29.3 Å². The lowest BCUT2D eigenvalue weighted by molar-refractivity contribution is -0.140. The monoisotopic (exact) mass is 367 g/mol. The molecule has 8 heteroatoms. The molecule has 3 rings (SSSR count). The zero-order valence-electron chi connectivity index (χ0n) is 13.8. The van der Waals surface area contributed by atoms with Gasteiger partial charge in [-0.2, -0.15) is 13.2 Å². The average Bonchev–Trinajstić information content (AvgIpc) is 3.07. The van der Waals surface area contributed by atoms with Crippen molar-refractivity contribution in [2.24, 2.45) is 5.92 Å². The largest absolute Gasteiger partial charge is 0.435 e. The number of nitrogens with zero attached hydrogens (tertiary/aromatic N) is 2. The van der Waals surface area contributed by atoms with Gasteiger partial charge in [-0.05, 0) is 37.0 Å². The molecule has 1 saturated carbocycles. The fourth-order valence-corrected chi connectivity index (χ4v) is 3.17. The van der Waals surface area contributed by atoms with Crippen LogP contribution in [0.25, 0.3) is 11.3 Å². The van der Waals surface area contributed by atoms with E-state index in [9.17, 15) is 22.4 Å². The number of carbonyl (C=O) groups is 1. The fraction of sp³-hybridized carbons (Fsp3) is 0.389. The Bertz CT molecular complexity index is 801. The van der Waals surface area contributed by atoms with E-state index in [1.165, 1.54) is 12.3 Å². The van der Waals surface area contributed by atoms with Crippen LogP contribution < -0.4 is 5.32 Å². The molecule has 0 radical (unpaired) electrons. The molecule has 1 fully saturated rings. The first-order valence-electron chi connectivity index (χ1n) is 8.32. The van der Waals surface area contributed by atoms with Crippen LogP contribution in [0.15, 0.2) is 30.6 Å². The highest BCUT2D eigenvalue weighted by Crippen LogP contribution is 2.35. The second-order valence-corrected chi connectivity index (χ2v) is 6.39. The van der Waals surface area contributed by atoms with Crippen molar-refractivity contribution in [1.82, 2.24) is 9.97 Å². The number of pyridine rings is 2. The Hall–Kier alpha value is -2.51. The minimum absolute atomic E-state index is 0.0712. The molecule has 0 spiro atoms. The van der Waals surface area contributed by atoms with E-state index in [1.54, 1.807) is 0 Å². The summed E-state index contributed by atoms with van der Waals surface area (Å²) in [6.07, 6.45) is 1.55. The average molecular weight is 367 g/mol. The van der Waals surface area contributed by atoms with Crippen LogP contribution in [0.2, 0.25) is 0 Å². The minimum Gasteiger partial charge on any atom is -0.324 e. The Morgan fingerprint density at radius 2 is 1.92 bits per heavy atom. The number of rotatable bonds is 4. The summed E-state index contributed by atoms with van der Waals surface area (Å²) in [4.78, 5) is 19.3. The molecule has 0 atom stereocenters. The molecule has 0 aromatic carbocycles. The van der Waals surface area contributed by atoms with E-state index in [4.69, 9.17) is 0 Å². The second-order valence-electron chi connectivity index (χ2n) is 6.39. The summed E-state index contributed by atoms with van der Waals surface area (Å²) in [7, 11) is 0. The maximum absolute atomic E-state index is 13.4. The maximum atomic E-state index is 13.4. The van der Waals surface area contributed by atoms with Crippen molar-refractivity contribution in [1.29, 1.82) is 0 Å². The summed E-state index contributed by atoms with van der Waals surface area (Å²) in [6.45, 7) is 0. The molecule has 2 heterocycles. The van der Waals surface area contributed by atoms with Crippen molar-refractivity contribution >= 4 is 11.6 Å². The van der Waals surface area contributed by atoms with E-state index in [0.29, 0.717) is 0 Å². The summed E-state index contributed by atoms with van der Waals surface area (Å²) in [6, 6.07) is 3.49. The van der Waals surface area contributed by atoms with Crippen LogP contribution in [0.3, 0.4) is 0 Å². The Morgan fingerprint density at radius 3 is 2.58 bits per heavy atom. The maximum Gasteiger partial charge on any atom is 0.435 e. The van der Waals surface area contributed by atoms with Gasteiger partial charge >= 0.3 is 6.18 Å². The van der Waals surface area contributed by atoms with Gasteiger partial charge in [-0.25, -0.2) is 9.37 Å². The Morgan fingerprint density at radius 1 is 1.19 bits per heavy atom. The molecule has 1 amide bonds. The van der Waals surface area contributed by atoms with Crippen LogP contribution in [-0.4, -0.2) is 15.9 Å². The second kappa shape index (κ2) is 7.39. The standard InChI is InChI=1S/C18H17F4N3O/c19-13-8-12(9-23-10-13)14-5-6-15(17(25-14)18(20,21)22)24-16(26)7-11-3-1-2-4-11/h5-6,8-11H,1-4,7H2,(H,24,26). The molecular weight excluding hydrogens is 350 g/mol. The molecule has 0 aliphatic heterocycles. The van der Waals surface area contributed by atoms with E-state index in [-0.39, 0.29) is 23.6 Å². The molecule has 1 aliphatic rings. The SMILES string of the molecule is O=C(CC1CCCC1)Nc1ccc(-c2cncc(F)c2)nc1C(F)(F)F. The number of anilines is 1. The molecule has 26 heavy (non-hydrogen) atoms. The quantitative estimate of drug-likeness (QED) is 0.788. The van der Waals surface area contributed by atoms with Gasteiger partial charge in [-0.3, -0.25) is 9.78 Å². The zero-order valence-corrected chi connectivity index (χ0v) is 13.8. The first kappa shape index (κ1) is 18.3. The summed E-state index contributed by atoms with van der Waals surface area (Å²) in [5, 5.41) is 2.32. The molecule has 0 saturated heterocycles. The van der Waals surface area contributed by atoms with Crippen molar-refractivity contribution in [3.05, 3.63) is 42.1 Å². The van der Waals surface area contributed by atoms with Gasteiger partial charge in [0.1, 0.15) is 5.82 Å². The lowest BCUT2D eigenvalue weighted by Gasteiger charge is -2.15. The van der Waals surface area contributed by atoms with Gasteiger partial charge in [0.05, 0.1) is 17.6 Å². The van der Waals surface area contributed by atoms with E-state index in [2.05, 4.69) is 15.3 Å². The van der Waals surface area contributed by atoms with Crippen LogP contribution in [0.1, 0.15) is 37.8 Å². The number of hydrogen-bond donors (Lipinski definition) is 1. The van der Waals surface area contributed by atoms with Gasteiger partial charge in [0, 0.05) is 18.2 Å². The third-order valence-electron chi connectivity index (χ3n) is 4.39. The molecule has 2 aromatic heterocycles. The van der Waals surface area contributed by atoms with Gasteiger partial charge in [0.2, 0.25) is 5.91 Å². The molecule has 0 bridgehead atoms. The van der Waals surface area contributed by atoms with Gasteiger partial charge < -0.3 is 5.32 Å². The summed E-state index contributed by atoms with van der Waals surface area (Å²) in [5.41, 5.74) is -1.55. The van der Waals surface area contributed by atoms with Gasteiger partial charge in [0.15, 0.2) is 5.69 Å². The van der Waals surface area contributed by atoms with Crippen molar-refractivity contribution < 1.29 is 22.4 Å². The Balaban J connectivity index is 1.86. The van der Waals surface area contributed by atoms with E-state index in [0.717, 1.165) is 44.0 Å². The van der Waals surface area contributed by atoms with Crippen LogP contribution in [-0.2, 0) is 11.0 Å². The number of amides is 1. The van der Waals surface area contributed by atoms with Crippen LogP contribution in [0.5, 0.6) is 0 Å². The zero-order chi connectivity index (χ0) is 18.7. The Labute approximate surface area is 147 Å². The molecule has 1 aliphatic carbocycles. The molecule has 1 N–H and O–H groups in total. The van der Waals surface area contributed by atoms with E-state index in [1.807, 2.05) is 0 Å². The lowest BCUT2D eigenvalue weighted by Crippen LogP contribution is -2.19. The number of halogens is 4. The first-order valence-corrected chi connectivity index (χ1v) is 8.32. The fourth-order valence-electron chi connectivity index (χ4n) is 3.17. The highest BCUT2D eigenvalue weighted by atomic mass is 19.4. The van der Waals surface area contributed by atoms with Crippen molar-refractivity contribution in [2.45, 2.75) is 38.3 Å². The van der Waals surface area contributed by atoms with Gasteiger partial charge in [-0.15, -0.1) is 0 Å². The van der Waals surface area contributed by atoms with Crippen LogP contribution in [0.4, 0.5) is 23.2 Å². The highest BCUT2D eigenvalue weighted by Gasteiger charge is 2.36. The third kappa shape index (κ3) is 4.36. The Kier molecular flexibility index (Phi) is 5.20. The lowest BCUT2D eigenvalue weighted by atomic mass is 10.0. The summed E-state index contributed by atoms with van der Waals surface area (Å²) < 4.78 is 53.4. The third-order valence-corrected chi connectivity index (χ3v) is 4.39. The smallest absolute Gasteiger partial charge is 0.324 e. The van der Waals surface area contributed by atoms with Gasteiger partial charge in [-0.1, -0.05) is 12.8 Å². The van der Waals surface area contributed by atoms with E-state index >= 15 is 0 Å². The summed E-state index contributed by atoms with van der Waals surface area (Å²) in [5.74, 6) is -0.911. The molecule has 2 aromatic rings. The van der Waals surface area contributed by atoms with Crippen LogP contribution in [0, 0.1) is 11.7 Å². The summed E-state index contributed by atoms with van der Waals surface area (Å²) >= 11 is 0. The first-order chi connectivity index (χ1) is 12.3. The van der Waals surface area contributed by atoms with Crippen molar-refractivity contribution in [3.63, 3.8) is 0 Å². The van der Waals surface area contributed by atoms with Crippen molar-refractivity contribution in [3.8, 4) is 11.3 Å². The molecular formula is C18H17F4N3O. The number of carbonyl (C=O) groups excluding carboxylic acids is 1. The van der Waals surface area contributed by atoms with Crippen LogP contribution >= 0.6 is 0 Å². The number of aromatic nitrogens is 2. The molecule has 4 nitrogen and oxygen atoms in total. The van der Waals surface area contributed by atoms with Gasteiger partial charge in [0.25, 0.3) is 0 Å². The predicted octanol–water partition coefficient (Wildman–Crippen LogP) is 4.82. The predicted molar refractivity (Wildman–Crippen MR) is 87.6 cm³/mol. The normalized spacial score (nSPS) is 15.2. The van der Waals surface area contributed by atoms with Crippen molar-refractivity contribution in [2.75, 3.05) is 5.32 Å². The topological polar surface area (TPSA) is 54.9 Å². The molecule has 138 valence electrons. The number of nitrogens with one attached hydrogen (secondary N) is 1. The number of hydrogen-bond acceptors (Lipinski definition) is 3.